The van der Waals surface area contributed by atoms with Crippen LogP contribution in [0.3, 0.4) is 0 Å². The minimum Gasteiger partial charge on any atom is -0.350 e. The first-order valence-electron chi connectivity index (χ1n) is 6.47. The average molecular weight is 275 g/mol. The molecule has 1 amide bonds. The maximum atomic E-state index is 13.7. The molecule has 1 fully saturated rings. The molecule has 0 radical (unpaired) electrons. The van der Waals surface area contributed by atoms with Gasteiger partial charge in [-0.15, -0.1) is 0 Å². The van der Waals surface area contributed by atoms with Crippen LogP contribution in [0.1, 0.15) is 10.6 Å². The highest BCUT2D eigenvalue weighted by molar-refractivity contribution is 5.92. The zero-order valence-corrected chi connectivity index (χ0v) is 10.8. The number of nitrogens with zero attached hydrogens (tertiary/aromatic N) is 2. The topological polar surface area (TPSA) is 58.4 Å². The number of amides is 1. The van der Waals surface area contributed by atoms with Crippen LogP contribution < -0.4 is 5.32 Å². The summed E-state index contributed by atoms with van der Waals surface area (Å²) in [5, 5.41) is 6.95. The maximum Gasteiger partial charge on any atom is 0.292 e. The fourth-order valence-corrected chi connectivity index (χ4v) is 2.20. The molecule has 1 N–H and O–H groups in total. The first kappa shape index (κ1) is 12.8. The molecule has 0 saturated carbocycles. The lowest BCUT2D eigenvalue weighted by molar-refractivity contribution is 0.0694. The quantitative estimate of drug-likeness (QED) is 0.903. The lowest BCUT2D eigenvalue weighted by Crippen LogP contribution is -2.46. The van der Waals surface area contributed by atoms with Gasteiger partial charge in [-0.25, -0.2) is 4.39 Å². The van der Waals surface area contributed by atoms with Gasteiger partial charge in [-0.1, -0.05) is 17.3 Å². The van der Waals surface area contributed by atoms with Crippen LogP contribution in [0.15, 0.2) is 34.9 Å². The summed E-state index contributed by atoms with van der Waals surface area (Å²) in [4.78, 5) is 13.9. The zero-order chi connectivity index (χ0) is 13.9. The third-order valence-corrected chi connectivity index (χ3v) is 3.27. The van der Waals surface area contributed by atoms with Gasteiger partial charge in [0.15, 0.2) is 0 Å². The fourth-order valence-electron chi connectivity index (χ4n) is 2.20. The number of carbonyl (C=O) groups excluding carboxylic acids is 1. The maximum absolute atomic E-state index is 13.7. The van der Waals surface area contributed by atoms with Crippen LogP contribution >= 0.6 is 0 Å². The summed E-state index contributed by atoms with van der Waals surface area (Å²) < 4.78 is 18.7. The molecule has 2 aromatic rings. The van der Waals surface area contributed by atoms with Gasteiger partial charge in [-0.2, -0.15) is 0 Å². The van der Waals surface area contributed by atoms with E-state index in [1.807, 2.05) is 0 Å². The van der Waals surface area contributed by atoms with E-state index < -0.39 is 0 Å². The summed E-state index contributed by atoms with van der Waals surface area (Å²) in [5.41, 5.74) is 0.664. The summed E-state index contributed by atoms with van der Waals surface area (Å²) in [7, 11) is 0. The third kappa shape index (κ3) is 2.42. The van der Waals surface area contributed by atoms with Gasteiger partial charge in [0.2, 0.25) is 5.76 Å². The number of hydrogen-bond donors (Lipinski definition) is 1. The Morgan fingerprint density at radius 2 is 2.05 bits per heavy atom. The minimum absolute atomic E-state index is 0.144. The van der Waals surface area contributed by atoms with Crippen molar-refractivity contribution in [2.45, 2.75) is 0 Å². The Kier molecular flexibility index (Phi) is 3.47. The van der Waals surface area contributed by atoms with Gasteiger partial charge >= 0.3 is 0 Å². The number of rotatable bonds is 2. The van der Waals surface area contributed by atoms with E-state index >= 15 is 0 Å². The molecule has 0 atom stereocenters. The average Bonchev–Trinajstić information content (AvgIpc) is 2.97. The van der Waals surface area contributed by atoms with Gasteiger partial charge in [-0.05, 0) is 12.1 Å². The lowest BCUT2D eigenvalue weighted by Gasteiger charge is -2.26. The number of halogens is 1. The Hall–Kier alpha value is -2.21. The van der Waals surface area contributed by atoms with Crippen molar-refractivity contribution in [2.24, 2.45) is 0 Å². The molecule has 20 heavy (non-hydrogen) atoms. The molecule has 0 aliphatic carbocycles. The fraction of sp³-hybridized carbons (Fsp3) is 0.286. The first-order chi connectivity index (χ1) is 9.75. The molecule has 1 aliphatic rings. The molecule has 3 rings (SSSR count). The number of benzene rings is 1. The number of nitrogens with one attached hydrogen (secondary N) is 1. The summed E-state index contributed by atoms with van der Waals surface area (Å²) >= 11 is 0. The van der Waals surface area contributed by atoms with Gasteiger partial charge in [0.1, 0.15) is 11.5 Å². The molecule has 0 bridgehead atoms. The van der Waals surface area contributed by atoms with Crippen molar-refractivity contribution in [1.82, 2.24) is 15.4 Å². The number of carbonyl (C=O) groups is 1. The molecule has 1 aliphatic heterocycles. The molecule has 1 aromatic carbocycles. The van der Waals surface area contributed by atoms with Crippen molar-refractivity contribution in [1.29, 1.82) is 0 Å². The third-order valence-electron chi connectivity index (χ3n) is 3.27. The van der Waals surface area contributed by atoms with Crippen LogP contribution in [-0.2, 0) is 0 Å². The standard InChI is InChI=1S/C14H14FN3O2/c15-11-4-2-1-3-10(11)12-9-13(20-17-12)14(19)18-7-5-16-6-8-18/h1-4,9,16H,5-8H2. The molecule has 2 heterocycles. The Morgan fingerprint density at radius 1 is 1.30 bits per heavy atom. The molecule has 104 valence electrons. The van der Waals surface area contributed by atoms with Crippen LogP contribution in [0, 0.1) is 5.82 Å². The molecular formula is C14H14FN3O2. The smallest absolute Gasteiger partial charge is 0.292 e. The summed E-state index contributed by atoms with van der Waals surface area (Å²) in [6.45, 7) is 2.79. The molecule has 1 aromatic heterocycles. The van der Waals surface area contributed by atoms with E-state index in [-0.39, 0.29) is 17.5 Å². The normalized spacial score (nSPS) is 15.3. The highest BCUT2D eigenvalue weighted by Gasteiger charge is 2.22. The SMILES string of the molecule is O=C(c1cc(-c2ccccc2F)no1)N1CCNCC1. The highest BCUT2D eigenvalue weighted by Crippen LogP contribution is 2.22. The monoisotopic (exact) mass is 275 g/mol. The van der Waals surface area contributed by atoms with Crippen molar-refractivity contribution in [3.05, 3.63) is 41.9 Å². The van der Waals surface area contributed by atoms with Crippen LogP contribution in [0.5, 0.6) is 0 Å². The van der Waals surface area contributed by atoms with Crippen molar-refractivity contribution in [3.63, 3.8) is 0 Å². The van der Waals surface area contributed by atoms with Crippen LogP contribution in [0.4, 0.5) is 4.39 Å². The van der Waals surface area contributed by atoms with E-state index in [0.29, 0.717) is 24.3 Å². The molecule has 0 spiro atoms. The zero-order valence-electron chi connectivity index (χ0n) is 10.8. The van der Waals surface area contributed by atoms with Gasteiger partial charge in [0.25, 0.3) is 5.91 Å². The molecular weight excluding hydrogens is 261 g/mol. The highest BCUT2D eigenvalue weighted by atomic mass is 19.1. The molecule has 6 heteroatoms. The first-order valence-corrected chi connectivity index (χ1v) is 6.47. The van der Waals surface area contributed by atoms with E-state index in [1.54, 1.807) is 23.1 Å². The van der Waals surface area contributed by atoms with Crippen molar-refractivity contribution in [2.75, 3.05) is 26.2 Å². The van der Waals surface area contributed by atoms with E-state index in [4.69, 9.17) is 4.52 Å². The predicted octanol–water partition coefficient (Wildman–Crippen LogP) is 1.53. The number of aromatic nitrogens is 1. The van der Waals surface area contributed by atoms with E-state index in [2.05, 4.69) is 10.5 Å². The Balaban J connectivity index is 1.83. The van der Waals surface area contributed by atoms with E-state index in [1.165, 1.54) is 12.1 Å². The van der Waals surface area contributed by atoms with Crippen LogP contribution in [0.2, 0.25) is 0 Å². The second-order valence-electron chi connectivity index (χ2n) is 4.60. The van der Waals surface area contributed by atoms with Gasteiger partial charge < -0.3 is 14.7 Å². The Morgan fingerprint density at radius 3 is 2.80 bits per heavy atom. The molecule has 1 saturated heterocycles. The minimum atomic E-state index is -0.387. The Labute approximate surface area is 115 Å². The second-order valence-corrected chi connectivity index (χ2v) is 4.60. The summed E-state index contributed by atoms with van der Waals surface area (Å²) in [6.07, 6.45) is 0. The molecule has 5 nitrogen and oxygen atoms in total. The predicted molar refractivity (Wildman–Crippen MR) is 70.7 cm³/mol. The van der Waals surface area contributed by atoms with Crippen molar-refractivity contribution in [3.8, 4) is 11.3 Å². The number of hydrogen-bond acceptors (Lipinski definition) is 4. The van der Waals surface area contributed by atoms with Gasteiger partial charge in [0, 0.05) is 37.8 Å². The summed E-state index contributed by atoms with van der Waals surface area (Å²) in [6, 6.07) is 7.76. The van der Waals surface area contributed by atoms with Gasteiger partial charge in [-0.3, -0.25) is 4.79 Å². The van der Waals surface area contributed by atoms with Crippen LogP contribution in [0.25, 0.3) is 11.3 Å². The van der Waals surface area contributed by atoms with Crippen molar-refractivity contribution < 1.29 is 13.7 Å². The van der Waals surface area contributed by atoms with Crippen molar-refractivity contribution >= 4 is 5.91 Å². The second kappa shape index (κ2) is 5.42. The van der Waals surface area contributed by atoms with Gasteiger partial charge in [0.05, 0.1) is 0 Å². The largest absolute Gasteiger partial charge is 0.350 e. The Bertz CT molecular complexity index is 620. The lowest BCUT2D eigenvalue weighted by atomic mass is 10.1. The number of piperazine rings is 1. The molecule has 0 unspecified atom stereocenters. The summed E-state index contributed by atoms with van der Waals surface area (Å²) in [5.74, 6) is -0.450. The van der Waals surface area contributed by atoms with E-state index in [9.17, 15) is 9.18 Å². The van der Waals surface area contributed by atoms with E-state index in [0.717, 1.165) is 13.1 Å². The van der Waals surface area contributed by atoms with Crippen LogP contribution in [-0.4, -0.2) is 42.1 Å².